The molecular weight excluding hydrogens is 414 g/mol. The second kappa shape index (κ2) is 8.55. The van der Waals surface area contributed by atoms with Crippen molar-refractivity contribution in [3.8, 4) is 34.0 Å². The summed E-state index contributed by atoms with van der Waals surface area (Å²) < 4.78 is 37.9. The van der Waals surface area contributed by atoms with Crippen LogP contribution < -0.4 is 15.2 Å². The van der Waals surface area contributed by atoms with Gasteiger partial charge in [0, 0.05) is 29.9 Å². The molecule has 2 aromatic carbocycles. The van der Waals surface area contributed by atoms with Crippen LogP contribution in [-0.2, 0) is 6.54 Å². The van der Waals surface area contributed by atoms with E-state index in [-0.39, 0.29) is 5.75 Å². The van der Waals surface area contributed by atoms with Crippen LogP contribution in [0.15, 0.2) is 60.8 Å². The van der Waals surface area contributed by atoms with Gasteiger partial charge in [0.15, 0.2) is 17.1 Å². The van der Waals surface area contributed by atoms with Crippen LogP contribution in [0.4, 0.5) is 8.78 Å². The van der Waals surface area contributed by atoms with Crippen molar-refractivity contribution in [1.29, 1.82) is 0 Å². The second-order valence-corrected chi connectivity index (χ2v) is 7.83. The molecule has 1 aliphatic rings. The normalized spacial score (nSPS) is 13.6. The molecule has 2 aromatic heterocycles. The summed E-state index contributed by atoms with van der Waals surface area (Å²) in [5, 5.41) is 4.74. The second-order valence-electron chi connectivity index (χ2n) is 7.83. The number of rotatable bonds is 8. The van der Waals surface area contributed by atoms with Gasteiger partial charge in [-0.3, -0.25) is 0 Å². The third kappa shape index (κ3) is 4.27. The average molecular weight is 436 g/mol. The number of nitrogens with two attached hydrogens (primary N) is 1. The fraction of sp³-hybridized carbons (Fsp3) is 0.250. The molecule has 32 heavy (non-hydrogen) atoms. The first-order valence-electron chi connectivity index (χ1n) is 10.5. The number of alkyl halides is 2. The van der Waals surface area contributed by atoms with Crippen LogP contribution in [0.5, 0.6) is 11.5 Å². The molecule has 1 saturated carbocycles. The largest absolute Gasteiger partial charge is 0.489 e. The fourth-order valence-electron chi connectivity index (χ4n) is 3.58. The summed E-state index contributed by atoms with van der Waals surface area (Å²) in [6.45, 7) is -1.99. The summed E-state index contributed by atoms with van der Waals surface area (Å²) in [5.41, 5.74) is 10.7. The lowest BCUT2D eigenvalue weighted by Crippen LogP contribution is -2.06. The molecule has 2 N–H and O–H groups in total. The molecule has 0 bridgehead atoms. The fourth-order valence-corrected chi connectivity index (χ4v) is 3.58. The molecular formula is C24H22F2N4O2. The maximum atomic E-state index is 12.9. The molecule has 8 heteroatoms. The number of aromatic nitrogens is 3. The van der Waals surface area contributed by atoms with Gasteiger partial charge in [-0.1, -0.05) is 18.2 Å². The summed E-state index contributed by atoms with van der Waals surface area (Å²) in [6, 6.07) is 16.5. The van der Waals surface area contributed by atoms with E-state index < -0.39 is 6.61 Å². The highest BCUT2D eigenvalue weighted by Crippen LogP contribution is 2.36. The Morgan fingerprint density at radius 1 is 1.03 bits per heavy atom. The predicted octanol–water partition coefficient (Wildman–Crippen LogP) is 4.91. The van der Waals surface area contributed by atoms with E-state index in [9.17, 15) is 8.78 Å². The van der Waals surface area contributed by atoms with Gasteiger partial charge < -0.3 is 15.2 Å². The summed E-state index contributed by atoms with van der Waals surface area (Å²) >= 11 is 0. The van der Waals surface area contributed by atoms with E-state index in [4.69, 9.17) is 15.6 Å². The Labute approximate surface area is 183 Å². The highest BCUT2D eigenvalue weighted by Gasteiger charge is 2.23. The minimum absolute atomic E-state index is 0.0226. The van der Waals surface area contributed by atoms with Crippen LogP contribution in [0.1, 0.15) is 18.4 Å². The zero-order valence-electron chi connectivity index (χ0n) is 17.2. The van der Waals surface area contributed by atoms with Crippen LogP contribution in [0.2, 0.25) is 0 Å². The summed E-state index contributed by atoms with van der Waals surface area (Å²) in [7, 11) is 0. The molecule has 5 rings (SSSR count). The standard InChI is InChI=1S/C24H22F2N4O2/c25-24(26)32-21-7-6-18(11-22(21)31-14-15-4-5-15)20-8-9-28-23-12-19(29-30(20)23)17-3-1-2-16(10-17)13-27/h1-3,6-12,15,24H,4-5,13-14,27H2. The Balaban J connectivity index is 1.54. The van der Waals surface area contributed by atoms with Gasteiger partial charge >= 0.3 is 6.61 Å². The van der Waals surface area contributed by atoms with Crippen LogP contribution in [0.3, 0.4) is 0 Å². The molecule has 2 heterocycles. The third-order valence-electron chi connectivity index (χ3n) is 5.44. The van der Waals surface area contributed by atoms with Crippen molar-refractivity contribution in [3.05, 3.63) is 66.4 Å². The first kappa shape index (κ1) is 20.4. The Hall–Kier alpha value is -3.52. The minimum Gasteiger partial charge on any atom is -0.489 e. The van der Waals surface area contributed by atoms with Gasteiger partial charge in [0.1, 0.15) is 0 Å². The maximum Gasteiger partial charge on any atom is 0.387 e. The highest BCUT2D eigenvalue weighted by molar-refractivity contribution is 5.70. The van der Waals surface area contributed by atoms with Crippen LogP contribution in [-0.4, -0.2) is 27.8 Å². The minimum atomic E-state index is -2.92. The van der Waals surface area contributed by atoms with Gasteiger partial charge in [-0.25, -0.2) is 9.50 Å². The number of ether oxygens (including phenoxy) is 2. The Bertz CT molecular complexity index is 1250. The number of nitrogens with zero attached hydrogens (tertiary/aromatic N) is 3. The molecule has 6 nitrogen and oxygen atoms in total. The Morgan fingerprint density at radius 2 is 1.91 bits per heavy atom. The lowest BCUT2D eigenvalue weighted by Gasteiger charge is -2.14. The predicted molar refractivity (Wildman–Crippen MR) is 117 cm³/mol. The van der Waals surface area contributed by atoms with Gasteiger partial charge in [0.2, 0.25) is 0 Å². The van der Waals surface area contributed by atoms with E-state index in [1.54, 1.807) is 22.8 Å². The molecule has 0 atom stereocenters. The molecule has 0 radical (unpaired) electrons. The lowest BCUT2D eigenvalue weighted by atomic mass is 10.1. The molecule has 0 spiro atoms. The molecule has 164 valence electrons. The molecule has 4 aromatic rings. The van der Waals surface area contributed by atoms with Crippen molar-refractivity contribution < 1.29 is 18.3 Å². The van der Waals surface area contributed by atoms with E-state index in [0.717, 1.165) is 40.9 Å². The Kier molecular flexibility index (Phi) is 5.45. The van der Waals surface area contributed by atoms with E-state index in [1.165, 1.54) is 6.07 Å². The zero-order chi connectivity index (χ0) is 22.1. The summed E-state index contributed by atoms with van der Waals surface area (Å²) in [4.78, 5) is 4.42. The zero-order valence-corrected chi connectivity index (χ0v) is 17.2. The molecule has 1 fully saturated rings. The first-order valence-corrected chi connectivity index (χ1v) is 10.5. The average Bonchev–Trinajstić information content (AvgIpc) is 3.53. The van der Waals surface area contributed by atoms with Crippen LogP contribution in [0, 0.1) is 5.92 Å². The van der Waals surface area contributed by atoms with Crippen LogP contribution in [0.25, 0.3) is 28.2 Å². The number of hydrogen-bond acceptors (Lipinski definition) is 5. The van der Waals surface area contributed by atoms with Gasteiger partial charge in [0.25, 0.3) is 0 Å². The Morgan fingerprint density at radius 3 is 2.69 bits per heavy atom. The van der Waals surface area contributed by atoms with Gasteiger partial charge in [-0.05, 0) is 54.7 Å². The van der Waals surface area contributed by atoms with Gasteiger partial charge in [-0.2, -0.15) is 13.9 Å². The smallest absolute Gasteiger partial charge is 0.387 e. The molecule has 0 aliphatic heterocycles. The molecule has 0 saturated heterocycles. The highest BCUT2D eigenvalue weighted by atomic mass is 19.3. The SMILES string of the molecule is NCc1cccc(-c2cc3nccc(-c4ccc(OC(F)F)c(OCC5CC5)c4)n3n2)c1. The monoisotopic (exact) mass is 436 g/mol. The number of benzene rings is 2. The van der Waals surface area contributed by atoms with E-state index in [2.05, 4.69) is 9.72 Å². The quantitative estimate of drug-likeness (QED) is 0.425. The van der Waals surface area contributed by atoms with Crippen molar-refractivity contribution in [2.24, 2.45) is 11.7 Å². The maximum absolute atomic E-state index is 12.9. The topological polar surface area (TPSA) is 74.7 Å². The van der Waals surface area contributed by atoms with Gasteiger partial charge in [0.05, 0.1) is 18.0 Å². The lowest BCUT2D eigenvalue weighted by molar-refractivity contribution is -0.0515. The molecule has 0 unspecified atom stereocenters. The van der Waals surface area contributed by atoms with Crippen molar-refractivity contribution in [2.75, 3.05) is 6.61 Å². The van der Waals surface area contributed by atoms with Crippen molar-refractivity contribution >= 4 is 5.65 Å². The van der Waals surface area contributed by atoms with E-state index >= 15 is 0 Å². The number of fused-ring (bicyclic) bond motifs is 1. The van der Waals surface area contributed by atoms with Gasteiger partial charge in [-0.15, -0.1) is 0 Å². The summed E-state index contributed by atoms with van der Waals surface area (Å²) in [6.07, 6.45) is 3.88. The number of hydrogen-bond donors (Lipinski definition) is 1. The van der Waals surface area contributed by atoms with Crippen LogP contribution >= 0.6 is 0 Å². The summed E-state index contributed by atoms with van der Waals surface area (Å²) in [5.74, 6) is 0.792. The third-order valence-corrected chi connectivity index (χ3v) is 5.44. The van der Waals surface area contributed by atoms with Crippen molar-refractivity contribution in [1.82, 2.24) is 14.6 Å². The van der Waals surface area contributed by atoms with E-state index in [1.807, 2.05) is 36.4 Å². The molecule has 0 amide bonds. The first-order chi connectivity index (χ1) is 15.6. The van der Waals surface area contributed by atoms with Crippen molar-refractivity contribution in [2.45, 2.75) is 26.0 Å². The van der Waals surface area contributed by atoms with Crippen molar-refractivity contribution in [3.63, 3.8) is 0 Å². The molecule has 1 aliphatic carbocycles. The van der Waals surface area contributed by atoms with E-state index in [0.29, 0.717) is 30.5 Å². The number of halogens is 2.